The van der Waals surface area contributed by atoms with Crippen molar-refractivity contribution < 1.29 is 4.79 Å². The number of rotatable bonds is 4. The number of hydrogen-bond donors (Lipinski definition) is 0. The molecule has 1 aromatic carbocycles. The number of carbonyl (C=O) groups excluding carboxylic acids is 1. The van der Waals surface area contributed by atoms with Gasteiger partial charge in [0, 0.05) is 6.42 Å². The van der Waals surface area contributed by atoms with Crippen LogP contribution in [-0.2, 0) is 4.79 Å². The van der Waals surface area contributed by atoms with Crippen molar-refractivity contribution in [2.75, 3.05) is 0 Å². The fourth-order valence-corrected chi connectivity index (χ4v) is 3.98. The minimum Gasteiger partial charge on any atom is -0.298 e. The number of Topliss-reactive ketones (excluding diaryl/α,β-unsaturated/α-hetero) is 1. The molecule has 1 aromatic rings. The van der Waals surface area contributed by atoms with Gasteiger partial charge in [0.05, 0.1) is 6.07 Å². The van der Waals surface area contributed by atoms with Crippen LogP contribution in [0, 0.1) is 29.1 Å². The Bertz CT molecular complexity index is 502. The first-order chi connectivity index (χ1) is 9.28. The summed E-state index contributed by atoms with van der Waals surface area (Å²) in [5.74, 6) is 1.71. The van der Waals surface area contributed by atoms with Crippen molar-refractivity contribution in [1.29, 1.82) is 5.26 Å². The van der Waals surface area contributed by atoms with Crippen molar-refractivity contribution in [2.45, 2.75) is 38.0 Å². The Labute approximate surface area is 114 Å². The van der Waals surface area contributed by atoms with E-state index < -0.39 is 5.92 Å². The zero-order valence-corrected chi connectivity index (χ0v) is 11.1. The second-order valence-corrected chi connectivity index (χ2v) is 6.08. The topological polar surface area (TPSA) is 40.9 Å². The highest BCUT2D eigenvalue weighted by Gasteiger charge is 2.40. The molecule has 98 valence electrons. The van der Waals surface area contributed by atoms with Crippen LogP contribution in [0.2, 0.25) is 0 Å². The smallest absolute Gasteiger partial charge is 0.154 e. The Kier molecular flexibility index (Phi) is 3.38. The quantitative estimate of drug-likeness (QED) is 0.821. The Morgan fingerprint density at radius 3 is 2.63 bits per heavy atom. The van der Waals surface area contributed by atoms with Crippen LogP contribution < -0.4 is 0 Å². The lowest BCUT2D eigenvalue weighted by Crippen LogP contribution is -2.19. The van der Waals surface area contributed by atoms with Gasteiger partial charge in [-0.1, -0.05) is 36.8 Å². The van der Waals surface area contributed by atoms with Crippen LogP contribution in [0.3, 0.4) is 0 Å². The predicted octanol–water partition coefficient (Wildman–Crippen LogP) is 3.69. The molecule has 2 heteroatoms. The third-order valence-corrected chi connectivity index (χ3v) is 4.93. The maximum absolute atomic E-state index is 12.4. The molecule has 2 aliphatic carbocycles. The van der Waals surface area contributed by atoms with Crippen LogP contribution in [-0.4, -0.2) is 5.78 Å². The van der Waals surface area contributed by atoms with Gasteiger partial charge in [-0.3, -0.25) is 4.79 Å². The Balaban J connectivity index is 1.68. The molecule has 0 radical (unpaired) electrons. The standard InChI is InChI=1S/C17H19NO/c18-11-16(13-4-2-1-3-5-13)17(19)10-15-9-12-6-7-14(15)8-12/h1-5,12,14-16H,6-10H2. The minimum atomic E-state index is -0.569. The fraction of sp³-hybridized carbons (Fsp3) is 0.529. The van der Waals surface area contributed by atoms with Crippen molar-refractivity contribution >= 4 is 5.78 Å². The largest absolute Gasteiger partial charge is 0.298 e. The number of carbonyl (C=O) groups is 1. The van der Waals surface area contributed by atoms with Gasteiger partial charge >= 0.3 is 0 Å². The van der Waals surface area contributed by atoms with Crippen molar-refractivity contribution in [1.82, 2.24) is 0 Å². The summed E-state index contributed by atoms with van der Waals surface area (Å²) in [6.07, 6.45) is 5.79. The third-order valence-electron chi connectivity index (χ3n) is 4.93. The molecule has 2 nitrogen and oxygen atoms in total. The first-order valence-electron chi connectivity index (χ1n) is 7.25. The normalized spacial score (nSPS) is 29.9. The van der Waals surface area contributed by atoms with Gasteiger partial charge in [0.1, 0.15) is 5.92 Å². The second kappa shape index (κ2) is 5.17. The van der Waals surface area contributed by atoms with Crippen LogP contribution in [0.5, 0.6) is 0 Å². The average molecular weight is 253 g/mol. The molecule has 0 heterocycles. The average Bonchev–Trinajstić information content (AvgIpc) is 3.03. The van der Waals surface area contributed by atoms with Gasteiger partial charge in [-0.05, 0) is 42.6 Å². The molecule has 0 spiro atoms. The number of nitrogens with zero attached hydrogens (tertiary/aromatic N) is 1. The third kappa shape index (κ3) is 2.42. The van der Waals surface area contributed by atoms with E-state index in [1.165, 1.54) is 25.7 Å². The second-order valence-electron chi connectivity index (χ2n) is 6.08. The summed E-state index contributed by atoms with van der Waals surface area (Å²) in [4.78, 5) is 12.4. The number of benzene rings is 1. The Morgan fingerprint density at radius 2 is 2.05 bits per heavy atom. The molecule has 0 aromatic heterocycles. The van der Waals surface area contributed by atoms with Crippen LogP contribution in [0.15, 0.2) is 30.3 Å². The molecule has 4 atom stereocenters. The molecule has 0 saturated heterocycles. The van der Waals surface area contributed by atoms with E-state index in [1.807, 2.05) is 30.3 Å². The van der Waals surface area contributed by atoms with E-state index in [2.05, 4.69) is 6.07 Å². The zero-order chi connectivity index (χ0) is 13.2. The van der Waals surface area contributed by atoms with E-state index in [9.17, 15) is 10.1 Å². The van der Waals surface area contributed by atoms with Gasteiger partial charge in [-0.15, -0.1) is 0 Å². The highest BCUT2D eigenvalue weighted by atomic mass is 16.1. The van der Waals surface area contributed by atoms with E-state index in [4.69, 9.17) is 0 Å². The van der Waals surface area contributed by atoms with Crippen LogP contribution in [0.4, 0.5) is 0 Å². The number of fused-ring (bicyclic) bond motifs is 2. The molecule has 0 aliphatic heterocycles. The first kappa shape index (κ1) is 12.4. The van der Waals surface area contributed by atoms with Gasteiger partial charge in [0.25, 0.3) is 0 Å². The number of ketones is 1. The maximum atomic E-state index is 12.4. The highest BCUT2D eigenvalue weighted by Crippen LogP contribution is 2.49. The molecular formula is C17H19NO. The Hall–Kier alpha value is -1.62. The van der Waals surface area contributed by atoms with Gasteiger partial charge in [-0.2, -0.15) is 5.26 Å². The number of hydrogen-bond acceptors (Lipinski definition) is 2. The van der Waals surface area contributed by atoms with Gasteiger partial charge in [-0.25, -0.2) is 0 Å². The van der Waals surface area contributed by atoms with Gasteiger partial charge in [0.2, 0.25) is 0 Å². The van der Waals surface area contributed by atoms with Crippen molar-refractivity contribution in [3.8, 4) is 6.07 Å². The lowest BCUT2D eigenvalue weighted by molar-refractivity contribution is -0.120. The van der Waals surface area contributed by atoms with Crippen molar-refractivity contribution in [3.05, 3.63) is 35.9 Å². The molecule has 0 N–H and O–H groups in total. The van der Waals surface area contributed by atoms with Gasteiger partial charge in [0.15, 0.2) is 5.78 Å². The fourth-order valence-electron chi connectivity index (χ4n) is 3.98. The molecule has 4 unspecified atom stereocenters. The summed E-state index contributed by atoms with van der Waals surface area (Å²) >= 11 is 0. The van der Waals surface area contributed by atoms with E-state index in [-0.39, 0.29) is 5.78 Å². The highest BCUT2D eigenvalue weighted by molar-refractivity contribution is 5.88. The van der Waals surface area contributed by atoms with Crippen molar-refractivity contribution in [2.24, 2.45) is 17.8 Å². The summed E-state index contributed by atoms with van der Waals surface area (Å²) in [7, 11) is 0. The van der Waals surface area contributed by atoms with E-state index >= 15 is 0 Å². The van der Waals surface area contributed by atoms with Crippen molar-refractivity contribution in [3.63, 3.8) is 0 Å². The summed E-state index contributed by atoms with van der Waals surface area (Å²) in [5.41, 5.74) is 0.846. The molecule has 2 saturated carbocycles. The summed E-state index contributed by atoms with van der Waals surface area (Å²) in [6.45, 7) is 0. The lowest BCUT2D eigenvalue weighted by atomic mass is 9.82. The molecule has 19 heavy (non-hydrogen) atoms. The zero-order valence-electron chi connectivity index (χ0n) is 11.1. The summed E-state index contributed by atoms with van der Waals surface area (Å²) in [5, 5.41) is 9.28. The molecule has 2 bridgehead atoms. The Morgan fingerprint density at radius 1 is 1.26 bits per heavy atom. The predicted molar refractivity (Wildman–Crippen MR) is 73.4 cm³/mol. The molecule has 2 aliphatic rings. The maximum Gasteiger partial charge on any atom is 0.154 e. The lowest BCUT2D eigenvalue weighted by Gasteiger charge is -2.21. The van der Waals surface area contributed by atoms with E-state index in [1.54, 1.807) is 0 Å². The van der Waals surface area contributed by atoms with E-state index in [0.29, 0.717) is 12.3 Å². The van der Waals surface area contributed by atoms with Crippen LogP contribution in [0.25, 0.3) is 0 Å². The SMILES string of the molecule is N#CC(C(=O)CC1CC2CCC1C2)c1ccccc1. The molecule has 0 amide bonds. The van der Waals surface area contributed by atoms with Gasteiger partial charge < -0.3 is 0 Å². The molecule has 2 fully saturated rings. The van der Waals surface area contributed by atoms with Crippen LogP contribution >= 0.6 is 0 Å². The first-order valence-corrected chi connectivity index (χ1v) is 7.25. The molecule has 3 rings (SSSR count). The number of nitriles is 1. The summed E-state index contributed by atoms with van der Waals surface area (Å²) < 4.78 is 0. The minimum absolute atomic E-state index is 0.117. The van der Waals surface area contributed by atoms with Crippen LogP contribution in [0.1, 0.15) is 43.6 Å². The monoisotopic (exact) mass is 253 g/mol. The molecular weight excluding hydrogens is 234 g/mol. The van der Waals surface area contributed by atoms with E-state index in [0.717, 1.165) is 17.4 Å². The summed E-state index contributed by atoms with van der Waals surface area (Å²) in [6, 6.07) is 11.7.